The molecule has 1 amide bonds. The minimum Gasteiger partial charge on any atom is -0.507 e. The molecule has 2 fully saturated rings. The summed E-state index contributed by atoms with van der Waals surface area (Å²) >= 11 is 0. The predicted octanol–water partition coefficient (Wildman–Crippen LogP) is 3.20. The van der Waals surface area contributed by atoms with E-state index in [0.717, 1.165) is 29.6 Å². The topological polar surface area (TPSA) is 92.5 Å². The molecular weight excluding hydrogens is 436 g/mol. The van der Waals surface area contributed by atoms with Gasteiger partial charge in [-0.2, -0.15) is 0 Å². The highest BCUT2D eigenvalue weighted by Gasteiger charge is 2.47. The van der Waals surface area contributed by atoms with Crippen molar-refractivity contribution in [2.45, 2.75) is 6.04 Å². The van der Waals surface area contributed by atoms with Crippen LogP contribution < -0.4 is 4.74 Å². The molecule has 3 heterocycles. The van der Waals surface area contributed by atoms with Crippen LogP contribution in [-0.2, 0) is 14.3 Å². The second kappa shape index (κ2) is 9.32. The minimum absolute atomic E-state index is 0.0368. The maximum absolute atomic E-state index is 13.1. The molecule has 0 spiro atoms. The number of morpholine rings is 1. The number of methoxy groups -OCH3 is 1. The number of ether oxygens (including phenoxy) is 2. The lowest BCUT2D eigenvalue weighted by Gasteiger charge is -2.30. The van der Waals surface area contributed by atoms with Crippen molar-refractivity contribution in [1.82, 2.24) is 9.80 Å². The second-order valence-corrected chi connectivity index (χ2v) is 8.39. The SMILES string of the molecule is COc1ccc2cc(/C(O)=C3\C(=O)C(=O)N(CCN4CCOCC4)C3c3ccco3)ccc2c1. The lowest BCUT2D eigenvalue weighted by Crippen LogP contribution is -2.42. The third kappa shape index (κ3) is 4.06. The van der Waals surface area contributed by atoms with Gasteiger partial charge in [-0.15, -0.1) is 0 Å². The number of amides is 1. The number of aliphatic hydroxyl groups excluding tert-OH is 1. The fraction of sp³-hybridized carbons (Fsp3) is 0.308. The fourth-order valence-electron chi connectivity index (χ4n) is 4.58. The largest absolute Gasteiger partial charge is 0.507 e. The summed E-state index contributed by atoms with van der Waals surface area (Å²) < 4.78 is 16.3. The summed E-state index contributed by atoms with van der Waals surface area (Å²) in [5.74, 6) is -0.398. The first-order valence-corrected chi connectivity index (χ1v) is 11.3. The number of benzene rings is 2. The van der Waals surface area contributed by atoms with E-state index in [0.29, 0.717) is 37.6 Å². The molecule has 1 unspecified atom stereocenters. The molecule has 2 aliphatic heterocycles. The maximum atomic E-state index is 13.1. The smallest absolute Gasteiger partial charge is 0.295 e. The number of nitrogens with zero attached hydrogens (tertiary/aromatic N) is 2. The lowest BCUT2D eigenvalue weighted by atomic mass is 9.97. The average molecular weight is 463 g/mol. The zero-order valence-corrected chi connectivity index (χ0v) is 18.9. The van der Waals surface area contributed by atoms with Gasteiger partial charge in [0.05, 0.1) is 32.2 Å². The molecule has 0 bridgehead atoms. The number of rotatable bonds is 6. The van der Waals surface area contributed by atoms with Gasteiger partial charge in [0.25, 0.3) is 11.7 Å². The monoisotopic (exact) mass is 462 g/mol. The van der Waals surface area contributed by atoms with E-state index in [-0.39, 0.29) is 11.3 Å². The van der Waals surface area contributed by atoms with Crippen LogP contribution in [0.3, 0.4) is 0 Å². The van der Waals surface area contributed by atoms with Gasteiger partial charge in [0, 0.05) is 31.7 Å². The number of fused-ring (bicyclic) bond motifs is 1. The Kier molecular flexibility index (Phi) is 6.08. The van der Waals surface area contributed by atoms with E-state index in [2.05, 4.69) is 4.90 Å². The van der Waals surface area contributed by atoms with Gasteiger partial charge in [-0.1, -0.05) is 18.2 Å². The number of hydrogen-bond acceptors (Lipinski definition) is 7. The van der Waals surface area contributed by atoms with Crippen LogP contribution in [0.5, 0.6) is 5.75 Å². The summed E-state index contributed by atoms with van der Waals surface area (Å²) in [7, 11) is 1.61. The zero-order chi connectivity index (χ0) is 23.7. The average Bonchev–Trinajstić information content (AvgIpc) is 3.49. The van der Waals surface area contributed by atoms with Crippen LogP contribution in [0.4, 0.5) is 0 Å². The molecule has 34 heavy (non-hydrogen) atoms. The zero-order valence-electron chi connectivity index (χ0n) is 18.9. The molecule has 2 aliphatic rings. The summed E-state index contributed by atoms with van der Waals surface area (Å²) in [6.45, 7) is 3.78. The summed E-state index contributed by atoms with van der Waals surface area (Å²) in [6, 6.07) is 13.6. The quantitative estimate of drug-likeness (QED) is 0.342. The molecule has 3 aromatic rings. The Morgan fingerprint density at radius 2 is 1.82 bits per heavy atom. The molecule has 8 nitrogen and oxygen atoms in total. The van der Waals surface area contributed by atoms with Gasteiger partial charge in [0.1, 0.15) is 23.3 Å². The van der Waals surface area contributed by atoms with Gasteiger partial charge in [-0.3, -0.25) is 14.5 Å². The third-order valence-corrected chi connectivity index (χ3v) is 6.43. The van der Waals surface area contributed by atoms with E-state index in [1.54, 1.807) is 31.4 Å². The number of carbonyl (C=O) groups excluding carboxylic acids is 2. The van der Waals surface area contributed by atoms with E-state index < -0.39 is 17.7 Å². The van der Waals surface area contributed by atoms with Crippen molar-refractivity contribution in [3.05, 3.63) is 71.7 Å². The number of ketones is 1. The van der Waals surface area contributed by atoms with Crippen LogP contribution in [-0.4, -0.2) is 73.1 Å². The Morgan fingerprint density at radius 1 is 1.06 bits per heavy atom. The van der Waals surface area contributed by atoms with Crippen molar-refractivity contribution < 1.29 is 28.6 Å². The molecule has 8 heteroatoms. The van der Waals surface area contributed by atoms with Crippen molar-refractivity contribution in [2.75, 3.05) is 46.5 Å². The highest BCUT2D eigenvalue weighted by Crippen LogP contribution is 2.39. The van der Waals surface area contributed by atoms with E-state index in [9.17, 15) is 14.7 Å². The highest BCUT2D eigenvalue weighted by molar-refractivity contribution is 6.46. The molecule has 176 valence electrons. The van der Waals surface area contributed by atoms with Crippen LogP contribution in [0.2, 0.25) is 0 Å². The van der Waals surface area contributed by atoms with E-state index >= 15 is 0 Å². The first kappa shape index (κ1) is 22.2. The van der Waals surface area contributed by atoms with Gasteiger partial charge in [-0.05, 0) is 41.1 Å². The second-order valence-electron chi connectivity index (χ2n) is 8.39. The minimum atomic E-state index is -0.789. The Hall–Kier alpha value is -3.62. The number of carbonyl (C=O) groups is 2. The highest BCUT2D eigenvalue weighted by atomic mass is 16.5. The Labute approximate surface area is 197 Å². The van der Waals surface area contributed by atoms with E-state index in [1.807, 2.05) is 24.3 Å². The molecule has 1 atom stereocenters. The van der Waals surface area contributed by atoms with Gasteiger partial charge >= 0.3 is 0 Å². The molecule has 2 saturated heterocycles. The van der Waals surface area contributed by atoms with Gasteiger partial charge in [0.15, 0.2) is 0 Å². The molecule has 5 rings (SSSR count). The third-order valence-electron chi connectivity index (χ3n) is 6.43. The summed E-state index contributed by atoms with van der Waals surface area (Å²) in [6.07, 6.45) is 1.50. The van der Waals surface area contributed by atoms with Crippen LogP contribution in [0, 0.1) is 0 Å². The van der Waals surface area contributed by atoms with Crippen molar-refractivity contribution in [1.29, 1.82) is 0 Å². The molecule has 0 aliphatic carbocycles. The van der Waals surface area contributed by atoms with Crippen LogP contribution >= 0.6 is 0 Å². The molecular formula is C26H26N2O6. The van der Waals surface area contributed by atoms with Gasteiger partial charge < -0.3 is 23.9 Å². The Bertz CT molecular complexity index is 1240. The van der Waals surface area contributed by atoms with E-state index in [1.165, 1.54) is 11.2 Å². The van der Waals surface area contributed by atoms with Crippen molar-refractivity contribution >= 4 is 28.2 Å². The molecule has 0 saturated carbocycles. The fourth-order valence-corrected chi connectivity index (χ4v) is 4.58. The maximum Gasteiger partial charge on any atom is 0.295 e. The van der Waals surface area contributed by atoms with Crippen LogP contribution in [0.25, 0.3) is 16.5 Å². The van der Waals surface area contributed by atoms with Crippen LogP contribution in [0.1, 0.15) is 17.4 Å². The number of aliphatic hydroxyl groups is 1. The number of Topliss-reactive ketones (excluding diaryl/α,β-unsaturated/α-hetero) is 1. The number of hydrogen-bond donors (Lipinski definition) is 1. The first-order chi connectivity index (χ1) is 16.6. The predicted molar refractivity (Wildman–Crippen MR) is 125 cm³/mol. The molecule has 1 aromatic heterocycles. The van der Waals surface area contributed by atoms with Crippen molar-refractivity contribution in [2.24, 2.45) is 0 Å². The van der Waals surface area contributed by atoms with Gasteiger partial charge in [-0.25, -0.2) is 0 Å². The van der Waals surface area contributed by atoms with Crippen LogP contribution in [0.15, 0.2) is 64.8 Å². The Balaban J connectivity index is 1.52. The van der Waals surface area contributed by atoms with Crippen molar-refractivity contribution in [3.63, 3.8) is 0 Å². The normalized spacial score (nSPS) is 20.9. The summed E-state index contributed by atoms with van der Waals surface area (Å²) in [5.41, 5.74) is 0.496. The van der Waals surface area contributed by atoms with Gasteiger partial charge in [0.2, 0.25) is 0 Å². The van der Waals surface area contributed by atoms with E-state index in [4.69, 9.17) is 13.9 Å². The first-order valence-electron chi connectivity index (χ1n) is 11.3. The Morgan fingerprint density at radius 3 is 2.56 bits per heavy atom. The lowest BCUT2D eigenvalue weighted by molar-refractivity contribution is -0.140. The molecule has 0 radical (unpaired) electrons. The molecule has 1 N–H and O–H groups in total. The van der Waals surface area contributed by atoms with Crippen molar-refractivity contribution in [3.8, 4) is 5.75 Å². The summed E-state index contributed by atoms with van der Waals surface area (Å²) in [4.78, 5) is 29.9. The standard InChI is InChI=1S/C26H26N2O6/c1-32-20-7-6-17-15-19(5-4-18(17)16-20)24(29)22-23(21-3-2-12-34-21)28(26(31)25(22)30)9-8-27-10-13-33-14-11-27/h2-7,12,15-16,23,29H,8-11,13-14H2,1H3/b24-22+. The number of furan rings is 1. The summed E-state index contributed by atoms with van der Waals surface area (Å²) in [5, 5.41) is 13.1. The number of likely N-dealkylation sites (tertiary alicyclic amines) is 1. The molecule has 2 aromatic carbocycles.